The lowest BCUT2D eigenvalue weighted by Gasteiger charge is -2.38. The van der Waals surface area contributed by atoms with Crippen molar-refractivity contribution in [1.29, 1.82) is 0 Å². The molecule has 4 nitrogen and oxygen atoms in total. The fraction of sp³-hybridized carbons (Fsp3) is 0.889. The molecular weight excluding hydrogens is 168 g/mol. The van der Waals surface area contributed by atoms with Gasteiger partial charge in [0, 0.05) is 13.6 Å². The Balaban J connectivity index is 4.62. The predicted molar refractivity (Wildman–Crippen MR) is 52.5 cm³/mol. The van der Waals surface area contributed by atoms with Crippen molar-refractivity contribution in [2.24, 2.45) is 5.73 Å². The first-order chi connectivity index (χ1) is 6.07. The highest BCUT2D eigenvalue weighted by molar-refractivity contribution is 5.68. The molecule has 4 heteroatoms. The number of ether oxygens (including phenoxy) is 1. The van der Waals surface area contributed by atoms with Gasteiger partial charge in [0.1, 0.15) is 0 Å². The fourth-order valence-electron chi connectivity index (χ4n) is 1.48. The van der Waals surface area contributed by atoms with Crippen LogP contribution in [0.5, 0.6) is 0 Å². The van der Waals surface area contributed by atoms with Gasteiger partial charge in [-0.05, 0) is 12.8 Å². The summed E-state index contributed by atoms with van der Waals surface area (Å²) in [6.07, 6.45) is 1.35. The minimum atomic E-state index is -0.325. The number of rotatable bonds is 4. The average Bonchev–Trinajstić information content (AvgIpc) is 2.20. The molecule has 2 N–H and O–H groups in total. The Labute approximate surface area is 80.0 Å². The Hall–Kier alpha value is -0.770. The molecule has 0 atom stereocenters. The van der Waals surface area contributed by atoms with Crippen molar-refractivity contribution in [2.45, 2.75) is 32.2 Å². The van der Waals surface area contributed by atoms with E-state index in [1.807, 2.05) is 13.8 Å². The van der Waals surface area contributed by atoms with Crippen LogP contribution in [0.15, 0.2) is 0 Å². The lowest BCUT2D eigenvalue weighted by molar-refractivity contribution is 0.0765. The van der Waals surface area contributed by atoms with Gasteiger partial charge in [-0.25, -0.2) is 4.79 Å². The van der Waals surface area contributed by atoms with Crippen molar-refractivity contribution in [2.75, 3.05) is 20.7 Å². The van der Waals surface area contributed by atoms with Crippen LogP contribution in [0.3, 0.4) is 0 Å². The molecular formula is C9H20N2O2. The van der Waals surface area contributed by atoms with Gasteiger partial charge < -0.3 is 15.4 Å². The number of carbonyl (C=O) groups is 1. The topological polar surface area (TPSA) is 55.6 Å². The van der Waals surface area contributed by atoms with Gasteiger partial charge in [0.15, 0.2) is 0 Å². The highest BCUT2D eigenvalue weighted by atomic mass is 16.5. The minimum absolute atomic E-state index is 0.257. The van der Waals surface area contributed by atoms with Crippen LogP contribution in [-0.2, 0) is 4.74 Å². The molecule has 13 heavy (non-hydrogen) atoms. The summed E-state index contributed by atoms with van der Waals surface area (Å²) in [5.41, 5.74) is 5.42. The summed E-state index contributed by atoms with van der Waals surface area (Å²) in [6.45, 7) is 4.51. The molecule has 0 aromatic heterocycles. The number of amides is 1. The quantitative estimate of drug-likeness (QED) is 0.721. The Bertz CT molecular complexity index is 159. The van der Waals surface area contributed by atoms with Crippen LogP contribution in [0, 0.1) is 0 Å². The second kappa shape index (κ2) is 5.07. The van der Waals surface area contributed by atoms with Crippen molar-refractivity contribution in [3.8, 4) is 0 Å². The predicted octanol–water partition coefficient (Wildman–Crippen LogP) is 1.20. The molecule has 0 radical (unpaired) electrons. The van der Waals surface area contributed by atoms with Gasteiger partial charge in [0.25, 0.3) is 0 Å². The summed E-state index contributed by atoms with van der Waals surface area (Å²) < 4.78 is 4.65. The number of likely N-dealkylation sites (N-methyl/N-ethyl adjacent to an activating group) is 1. The molecule has 0 spiro atoms. The molecule has 0 unspecified atom stereocenters. The number of hydrogen-bond acceptors (Lipinski definition) is 3. The molecule has 0 aliphatic rings. The van der Waals surface area contributed by atoms with Crippen LogP contribution in [0.1, 0.15) is 26.7 Å². The standard InChI is InChI=1S/C9H20N2O2/c1-5-9(6-2,7-10)11(3)8(12)13-4/h5-7,10H2,1-4H3. The first kappa shape index (κ1) is 12.2. The van der Waals surface area contributed by atoms with Crippen LogP contribution in [0.4, 0.5) is 4.79 Å². The number of methoxy groups -OCH3 is 1. The maximum atomic E-state index is 11.3. The number of hydrogen-bond donors (Lipinski definition) is 1. The first-order valence-corrected chi connectivity index (χ1v) is 4.59. The molecule has 0 saturated carbocycles. The lowest BCUT2D eigenvalue weighted by atomic mass is 9.91. The van der Waals surface area contributed by atoms with Crippen molar-refractivity contribution in [3.63, 3.8) is 0 Å². The van der Waals surface area contributed by atoms with Crippen LogP contribution in [0.2, 0.25) is 0 Å². The molecule has 0 aromatic rings. The zero-order valence-corrected chi connectivity index (χ0v) is 8.96. The second-order valence-electron chi connectivity index (χ2n) is 3.16. The van der Waals surface area contributed by atoms with Gasteiger partial charge in [0.2, 0.25) is 0 Å². The van der Waals surface area contributed by atoms with Crippen molar-refractivity contribution >= 4 is 6.09 Å². The molecule has 0 fully saturated rings. The molecule has 0 aliphatic heterocycles. The maximum absolute atomic E-state index is 11.3. The van der Waals surface area contributed by atoms with Crippen LogP contribution in [-0.4, -0.2) is 37.2 Å². The Kier molecular flexibility index (Phi) is 4.77. The van der Waals surface area contributed by atoms with E-state index in [2.05, 4.69) is 4.74 Å². The van der Waals surface area contributed by atoms with Crippen LogP contribution >= 0.6 is 0 Å². The molecule has 0 aromatic carbocycles. The van der Waals surface area contributed by atoms with Gasteiger partial charge in [0.05, 0.1) is 12.6 Å². The van der Waals surface area contributed by atoms with E-state index in [0.29, 0.717) is 6.54 Å². The molecule has 1 amide bonds. The summed E-state index contributed by atoms with van der Waals surface area (Å²) in [5.74, 6) is 0. The highest BCUT2D eigenvalue weighted by Crippen LogP contribution is 2.21. The monoisotopic (exact) mass is 188 g/mol. The van der Waals surface area contributed by atoms with E-state index in [1.165, 1.54) is 7.11 Å². The fourth-order valence-corrected chi connectivity index (χ4v) is 1.48. The molecule has 0 heterocycles. The largest absolute Gasteiger partial charge is 0.453 e. The van der Waals surface area contributed by atoms with Crippen LogP contribution < -0.4 is 5.73 Å². The average molecular weight is 188 g/mol. The van der Waals surface area contributed by atoms with E-state index in [4.69, 9.17) is 5.73 Å². The summed E-state index contributed by atoms with van der Waals surface area (Å²) in [5, 5.41) is 0. The zero-order valence-electron chi connectivity index (χ0n) is 8.96. The van der Waals surface area contributed by atoms with Gasteiger partial charge in [-0.3, -0.25) is 0 Å². The minimum Gasteiger partial charge on any atom is -0.453 e. The number of nitrogens with two attached hydrogens (primary N) is 1. The van der Waals surface area contributed by atoms with Crippen molar-refractivity contribution < 1.29 is 9.53 Å². The van der Waals surface area contributed by atoms with E-state index < -0.39 is 0 Å². The van der Waals surface area contributed by atoms with Gasteiger partial charge in [-0.2, -0.15) is 0 Å². The van der Waals surface area contributed by atoms with Crippen molar-refractivity contribution in [1.82, 2.24) is 4.90 Å². The highest BCUT2D eigenvalue weighted by Gasteiger charge is 2.33. The third kappa shape index (κ3) is 2.34. The van der Waals surface area contributed by atoms with E-state index in [9.17, 15) is 4.79 Å². The van der Waals surface area contributed by atoms with E-state index in [0.717, 1.165) is 12.8 Å². The zero-order chi connectivity index (χ0) is 10.5. The number of nitrogens with zero attached hydrogens (tertiary/aromatic N) is 1. The first-order valence-electron chi connectivity index (χ1n) is 4.59. The molecule has 0 rings (SSSR count). The Morgan fingerprint density at radius 3 is 2.15 bits per heavy atom. The van der Waals surface area contributed by atoms with Gasteiger partial charge in [-0.1, -0.05) is 13.8 Å². The Morgan fingerprint density at radius 1 is 1.46 bits per heavy atom. The molecule has 0 aliphatic carbocycles. The van der Waals surface area contributed by atoms with Crippen molar-refractivity contribution in [3.05, 3.63) is 0 Å². The Morgan fingerprint density at radius 2 is 1.92 bits per heavy atom. The third-order valence-electron chi connectivity index (χ3n) is 2.86. The second-order valence-corrected chi connectivity index (χ2v) is 3.16. The number of carbonyl (C=O) groups excluding carboxylic acids is 1. The normalized spacial score (nSPS) is 11.2. The summed E-state index contributed by atoms with van der Waals surface area (Å²) in [4.78, 5) is 12.9. The van der Waals surface area contributed by atoms with Crippen LogP contribution in [0.25, 0.3) is 0 Å². The molecule has 0 saturated heterocycles. The SMILES string of the molecule is CCC(CC)(CN)N(C)C(=O)OC. The molecule has 78 valence electrons. The van der Waals surface area contributed by atoms with E-state index in [-0.39, 0.29) is 11.6 Å². The summed E-state index contributed by atoms with van der Waals surface area (Å²) in [6, 6.07) is 0. The maximum Gasteiger partial charge on any atom is 0.409 e. The lowest BCUT2D eigenvalue weighted by Crippen LogP contribution is -2.53. The van der Waals surface area contributed by atoms with E-state index >= 15 is 0 Å². The summed E-state index contributed by atoms with van der Waals surface area (Å²) in [7, 11) is 3.11. The van der Waals surface area contributed by atoms with Gasteiger partial charge in [-0.15, -0.1) is 0 Å². The third-order valence-corrected chi connectivity index (χ3v) is 2.86. The molecule has 0 bridgehead atoms. The van der Waals surface area contributed by atoms with Gasteiger partial charge >= 0.3 is 6.09 Å². The smallest absolute Gasteiger partial charge is 0.409 e. The summed E-state index contributed by atoms with van der Waals surface area (Å²) >= 11 is 0. The van der Waals surface area contributed by atoms with E-state index in [1.54, 1.807) is 11.9 Å².